The first-order valence-electron chi connectivity index (χ1n) is 7.13. The van der Waals surface area contributed by atoms with Crippen molar-refractivity contribution in [1.82, 2.24) is 4.98 Å². The van der Waals surface area contributed by atoms with Crippen LogP contribution in [-0.4, -0.2) is 16.3 Å². The number of nitrogens with one attached hydrogen (secondary N) is 1. The monoisotopic (exact) mass is 363 g/mol. The van der Waals surface area contributed by atoms with Crippen molar-refractivity contribution in [2.24, 2.45) is 5.10 Å². The van der Waals surface area contributed by atoms with Gasteiger partial charge in [-0.2, -0.15) is 18.3 Å². The number of phenols is 1. The molecule has 0 spiro atoms. The second-order valence-corrected chi connectivity index (χ2v) is 5.93. The van der Waals surface area contributed by atoms with E-state index in [-0.39, 0.29) is 5.75 Å². The number of hydrazone groups is 1. The molecule has 0 fully saturated rings. The van der Waals surface area contributed by atoms with Gasteiger partial charge in [0.15, 0.2) is 0 Å². The Morgan fingerprint density at radius 3 is 2.36 bits per heavy atom. The molecule has 3 rings (SSSR count). The van der Waals surface area contributed by atoms with Crippen LogP contribution in [0.5, 0.6) is 5.75 Å². The van der Waals surface area contributed by atoms with Crippen LogP contribution in [0.3, 0.4) is 0 Å². The number of halogens is 3. The molecule has 0 atom stereocenters. The van der Waals surface area contributed by atoms with Gasteiger partial charge < -0.3 is 5.11 Å². The van der Waals surface area contributed by atoms with Gasteiger partial charge in [0.2, 0.25) is 5.13 Å². The summed E-state index contributed by atoms with van der Waals surface area (Å²) in [5.74, 6) is 0.179. The van der Waals surface area contributed by atoms with Crippen LogP contribution in [0, 0.1) is 0 Å². The number of hydrogen-bond donors (Lipinski definition) is 2. The third-order valence-corrected chi connectivity index (χ3v) is 4.03. The number of benzene rings is 2. The molecular formula is C17H12F3N3OS. The van der Waals surface area contributed by atoms with Crippen molar-refractivity contribution >= 4 is 22.7 Å². The summed E-state index contributed by atoms with van der Waals surface area (Å²) in [5.41, 5.74) is 4.17. The number of anilines is 1. The highest BCUT2D eigenvalue weighted by Gasteiger charge is 2.29. The molecule has 1 heterocycles. The van der Waals surface area contributed by atoms with E-state index >= 15 is 0 Å². The van der Waals surface area contributed by atoms with E-state index in [4.69, 9.17) is 0 Å². The van der Waals surface area contributed by atoms with Gasteiger partial charge in [-0.3, -0.25) is 5.43 Å². The molecule has 25 heavy (non-hydrogen) atoms. The predicted molar refractivity (Wildman–Crippen MR) is 91.9 cm³/mol. The second kappa shape index (κ2) is 6.94. The molecule has 1 aromatic heterocycles. The minimum absolute atomic E-state index is 0.179. The number of aromatic nitrogens is 1. The number of phenolic OH excluding ortho intramolecular Hbond substituents is 1. The number of nitrogens with zero attached hydrogens (tertiary/aromatic N) is 2. The lowest BCUT2D eigenvalue weighted by molar-refractivity contribution is -0.137. The van der Waals surface area contributed by atoms with Crippen molar-refractivity contribution in [3.05, 3.63) is 65.0 Å². The maximum Gasteiger partial charge on any atom is 0.416 e. The van der Waals surface area contributed by atoms with E-state index in [1.165, 1.54) is 29.7 Å². The van der Waals surface area contributed by atoms with Crippen LogP contribution in [0.2, 0.25) is 0 Å². The molecule has 2 aromatic carbocycles. The summed E-state index contributed by atoms with van der Waals surface area (Å²) < 4.78 is 37.5. The molecule has 0 amide bonds. The van der Waals surface area contributed by atoms with Gasteiger partial charge in [0, 0.05) is 10.9 Å². The molecule has 2 N–H and O–H groups in total. The van der Waals surface area contributed by atoms with Crippen LogP contribution in [0.4, 0.5) is 18.3 Å². The number of aromatic hydroxyl groups is 1. The first-order chi connectivity index (χ1) is 11.9. The summed E-state index contributed by atoms with van der Waals surface area (Å²) in [7, 11) is 0. The van der Waals surface area contributed by atoms with Crippen molar-refractivity contribution in [3.63, 3.8) is 0 Å². The second-order valence-electron chi connectivity index (χ2n) is 5.07. The van der Waals surface area contributed by atoms with E-state index in [1.807, 2.05) is 5.38 Å². The van der Waals surface area contributed by atoms with Crippen LogP contribution < -0.4 is 5.43 Å². The lowest BCUT2D eigenvalue weighted by Gasteiger charge is -2.05. The quantitative estimate of drug-likeness (QED) is 0.508. The smallest absolute Gasteiger partial charge is 0.416 e. The van der Waals surface area contributed by atoms with Crippen LogP contribution in [0.25, 0.3) is 11.3 Å². The number of thiazole rings is 1. The lowest BCUT2D eigenvalue weighted by atomic mass is 10.1. The van der Waals surface area contributed by atoms with Crippen molar-refractivity contribution in [3.8, 4) is 17.0 Å². The highest BCUT2D eigenvalue weighted by Crippen LogP contribution is 2.29. The highest BCUT2D eigenvalue weighted by molar-refractivity contribution is 7.14. The molecule has 4 nitrogen and oxygen atoms in total. The molecule has 0 bridgehead atoms. The predicted octanol–water partition coefficient (Wildman–Crippen LogP) is 4.98. The molecule has 0 aliphatic carbocycles. The zero-order chi connectivity index (χ0) is 17.9. The molecule has 0 saturated heterocycles. The van der Waals surface area contributed by atoms with Gasteiger partial charge in [-0.25, -0.2) is 4.98 Å². The Morgan fingerprint density at radius 1 is 1.04 bits per heavy atom. The molecule has 3 aromatic rings. The average Bonchev–Trinajstić information content (AvgIpc) is 3.04. The summed E-state index contributed by atoms with van der Waals surface area (Å²) in [6, 6.07) is 11.4. The Kier molecular flexibility index (Phi) is 4.71. The summed E-state index contributed by atoms with van der Waals surface area (Å²) >= 11 is 1.34. The van der Waals surface area contributed by atoms with Crippen molar-refractivity contribution in [2.75, 3.05) is 5.43 Å². The minimum Gasteiger partial charge on any atom is -0.508 e. The van der Waals surface area contributed by atoms with Gasteiger partial charge in [-0.1, -0.05) is 12.1 Å². The zero-order valence-electron chi connectivity index (χ0n) is 12.7. The largest absolute Gasteiger partial charge is 0.508 e. The molecule has 0 aliphatic rings. The van der Waals surface area contributed by atoms with Gasteiger partial charge in [0.25, 0.3) is 0 Å². The molecule has 0 saturated carbocycles. The number of rotatable bonds is 4. The Labute approximate surface area is 145 Å². The molecular weight excluding hydrogens is 351 g/mol. The Balaban J connectivity index is 1.64. The van der Waals surface area contributed by atoms with E-state index in [0.29, 0.717) is 10.7 Å². The maximum absolute atomic E-state index is 12.5. The maximum atomic E-state index is 12.5. The number of hydrogen-bond acceptors (Lipinski definition) is 5. The third-order valence-electron chi connectivity index (χ3n) is 3.28. The average molecular weight is 363 g/mol. The first kappa shape index (κ1) is 17.0. The normalized spacial score (nSPS) is 11.8. The molecule has 8 heteroatoms. The zero-order valence-corrected chi connectivity index (χ0v) is 13.5. The fourth-order valence-corrected chi connectivity index (χ4v) is 2.68. The number of alkyl halides is 3. The topological polar surface area (TPSA) is 57.5 Å². The van der Waals surface area contributed by atoms with Crippen molar-refractivity contribution < 1.29 is 18.3 Å². The van der Waals surface area contributed by atoms with Crippen molar-refractivity contribution in [1.29, 1.82) is 0 Å². The highest BCUT2D eigenvalue weighted by atomic mass is 32.1. The van der Waals surface area contributed by atoms with Crippen LogP contribution in [0.15, 0.2) is 59.0 Å². The van der Waals surface area contributed by atoms with Crippen LogP contribution >= 0.6 is 11.3 Å². The van der Waals surface area contributed by atoms with Crippen LogP contribution in [0.1, 0.15) is 11.1 Å². The van der Waals surface area contributed by atoms with Gasteiger partial charge in [-0.05, 0) is 42.0 Å². The van der Waals surface area contributed by atoms with E-state index < -0.39 is 11.7 Å². The molecule has 128 valence electrons. The molecule has 0 unspecified atom stereocenters. The van der Waals surface area contributed by atoms with Crippen LogP contribution in [-0.2, 0) is 6.18 Å². The summed E-state index contributed by atoms with van der Waals surface area (Å²) in [6.45, 7) is 0. The van der Waals surface area contributed by atoms with Gasteiger partial charge in [0.05, 0.1) is 17.5 Å². The third kappa shape index (κ3) is 4.36. The van der Waals surface area contributed by atoms with Gasteiger partial charge in [0.1, 0.15) is 5.75 Å². The summed E-state index contributed by atoms with van der Waals surface area (Å²) in [4.78, 5) is 4.35. The van der Waals surface area contributed by atoms with E-state index in [2.05, 4.69) is 15.5 Å². The van der Waals surface area contributed by atoms with E-state index in [9.17, 15) is 18.3 Å². The Hall–Kier alpha value is -2.87. The van der Waals surface area contributed by atoms with Gasteiger partial charge in [-0.15, -0.1) is 11.3 Å². The fourth-order valence-electron chi connectivity index (χ4n) is 2.01. The SMILES string of the molecule is Oc1ccc(-c2csc(NN=Cc3ccc(C(F)(F)F)cc3)n2)cc1. The minimum atomic E-state index is -4.35. The first-order valence-corrected chi connectivity index (χ1v) is 8.01. The van der Waals surface area contributed by atoms with E-state index in [1.54, 1.807) is 24.3 Å². The Morgan fingerprint density at radius 2 is 1.72 bits per heavy atom. The fraction of sp³-hybridized carbons (Fsp3) is 0.0588. The lowest BCUT2D eigenvalue weighted by Crippen LogP contribution is -2.04. The van der Waals surface area contributed by atoms with E-state index in [0.717, 1.165) is 23.4 Å². The Bertz CT molecular complexity index is 871. The van der Waals surface area contributed by atoms with Crippen molar-refractivity contribution in [2.45, 2.75) is 6.18 Å². The molecule has 0 radical (unpaired) electrons. The summed E-state index contributed by atoms with van der Waals surface area (Å²) in [5, 5.41) is 15.6. The molecule has 0 aliphatic heterocycles. The summed E-state index contributed by atoms with van der Waals surface area (Å²) in [6.07, 6.45) is -2.93. The van der Waals surface area contributed by atoms with Gasteiger partial charge >= 0.3 is 6.18 Å². The standard InChI is InChI=1S/C17H12F3N3OS/c18-17(19,20)13-5-1-11(2-6-13)9-21-23-16-22-15(10-25-16)12-3-7-14(24)8-4-12/h1-10,24H,(H,22,23).